The van der Waals surface area contributed by atoms with Gasteiger partial charge in [-0.1, -0.05) is 32.0 Å². The Morgan fingerprint density at radius 2 is 1.97 bits per heavy atom. The molecule has 1 aromatic heterocycles. The number of fused-ring (bicyclic) bond motifs is 2. The number of aromatic nitrogens is 2. The van der Waals surface area contributed by atoms with E-state index in [0.29, 0.717) is 30.6 Å². The van der Waals surface area contributed by atoms with E-state index >= 15 is 0 Å². The standard InChI is InChI=1S/C26H33N5O3S/c1-17-8-10-31(11-9-17)26(32)23(14-19-6-7-21-22(13-19)29-16-28-21)30-35(33,34)24-5-3-4-20-12-18(2)15-27-25(20)24/h3-7,13,16-18,23,27,30H,8-12,14-15H2,1-2H3,(H,28,29). The van der Waals surface area contributed by atoms with Crippen LogP contribution in [0.4, 0.5) is 5.69 Å². The Labute approximate surface area is 206 Å². The van der Waals surface area contributed by atoms with Gasteiger partial charge in [0.05, 0.1) is 23.0 Å². The number of nitrogens with one attached hydrogen (secondary N) is 3. The lowest BCUT2D eigenvalue weighted by Crippen LogP contribution is -2.51. The number of rotatable bonds is 6. The Morgan fingerprint density at radius 3 is 2.77 bits per heavy atom. The van der Waals surface area contributed by atoms with Crippen LogP contribution in [0.25, 0.3) is 11.0 Å². The first-order valence-corrected chi connectivity index (χ1v) is 13.9. The molecule has 1 amide bonds. The van der Waals surface area contributed by atoms with E-state index in [1.807, 2.05) is 29.2 Å². The van der Waals surface area contributed by atoms with Crippen molar-refractivity contribution in [1.29, 1.82) is 0 Å². The quantitative estimate of drug-likeness (QED) is 0.486. The lowest BCUT2D eigenvalue weighted by molar-refractivity contribution is -0.134. The molecule has 2 aromatic carbocycles. The van der Waals surface area contributed by atoms with Crippen molar-refractivity contribution >= 4 is 32.7 Å². The topological polar surface area (TPSA) is 107 Å². The van der Waals surface area contributed by atoms with Gasteiger partial charge in [0, 0.05) is 19.6 Å². The second-order valence-electron chi connectivity index (χ2n) is 10.1. The molecule has 0 spiro atoms. The van der Waals surface area contributed by atoms with Gasteiger partial charge >= 0.3 is 0 Å². The fourth-order valence-electron chi connectivity index (χ4n) is 5.12. The van der Waals surface area contributed by atoms with Crippen LogP contribution in [0.1, 0.15) is 37.8 Å². The van der Waals surface area contributed by atoms with Crippen LogP contribution >= 0.6 is 0 Å². The molecule has 1 fully saturated rings. The van der Waals surface area contributed by atoms with Crippen LogP contribution in [-0.2, 0) is 27.7 Å². The maximum atomic E-state index is 13.7. The fourth-order valence-corrected chi connectivity index (χ4v) is 6.54. The third kappa shape index (κ3) is 5.06. The molecule has 2 unspecified atom stereocenters. The third-order valence-electron chi connectivity index (χ3n) is 7.21. The minimum Gasteiger partial charge on any atom is -0.383 e. The molecule has 0 saturated carbocycles. The molecule has 186 valence electrons. The number of aromatic amines is 1. The Balaban J connectivity index is 1.45. The lowest BCUT2D eigenvalue weighted by Gasteiger charge is -2.33. The molecule has 0 radical (unpaired) electrons. The molecular weight excluding hydrogens is 462 g/mol. The summed E-state index contributed by atoms with van der Waals surface area (Å²) in [5, 5.41) is 3.30. The predicted octanol–water partition coefficient (Wildman–Crippen LogP) is 3.32. The first-order valence-electron chi connectivity index (χ1n) is 12.4. The SMILES string of the molecule is CC1CCN(C(=O)C(Cc2ccc3nc[nH]c3c2)NS(=O)(=O)c2cccc3c2NCC(C)C3)CC1. The Bertz CT molecular complexity index is 1330. The van der Waals surface area contributed by atoms with Crippen molar-refractivity contribution in [3.63, 3.8) is 0 Å². The van der Waals surface area contributed by atoms with Gasteiger partial charge in [-0.2, -0.15) is 4.72 Å². The van der Waals surface area contributed by atoms with Crippen LogP contribution in [0.5, 0.6) is 0 Å². The number of benzene rings is 2. The Hall–Kier alpha value is -2.91. The summed E-state index contributed by atoms with van der Waals surface area (Å²) in [7, 11) is -3.94. The van der Waals surface area contributed by atoms with Crippen molar-refractivity contribution in [2.45, 2.75) is 50.5 Å². The van der Waals surface area contributed by atoms with Crippen molar-refractivity contribution in [1.82, 2.24) is 19.6 Å². The number of likely N-dealkylation sites (tertiary alicyclic amines) is 1. The van der Waals surface area contributed by atoms with Gasteiger partial charge in [0.1, 0.15) is 10.9 Å². The van der Waals surface area contributed by atoms with Gasteiger partial charge in [0.25, 0.3) is 0 Å². The van der Waals surface area contributed by atoms with Crippen molar-refractivity contribution < 1.29 is 13.2 Å². The molecule has 3 aromatic rings. The molecule has 0 bridgehead atoms. The summed E-state index contributed by atoms with van der Waals surface area (Å²) in [5.74, 6) is 0.833. The van der Waals surface area contributed by atoms with E-state index in [0.717, 1.165) is 48.0 Å². The summed E-state index contributed by atoms with van der Waals surface area (Å²) in [6.45, 7) is 6.35. The summed E-state index contributed by atoms with van der Waals surface area (Å²) < 4.78 is 30.1. The number of hydrogen-bond acceptors (Lipinski definition) is 5. The van der Waals surface area contributed by atoms with Crippen molar-refractivity contribution in [3.05, 3.63) is 53.9 Å². The van der Waals surface area contributed by atoms with Gasteiger partial charge in [0.15, 0.2) is 0 Å². The normalized spacial score (nSPS) is 19.8. The number of sulfonamides is 1. The fraction of sp³-hybridized carbons (Fsp3) is 0.462. The second-order valence-corrected chi connectivity index (χ2v) is 11.8. The summed E-state index contributed by atoms with van der Waals surface area (Å²) in [6.07, 6.45) is 4.57. The van der Waals surface area contributed by atoms with E-state index in [9.17, 15) is 13.2 Å². The Kier molecular flexibility index (Phi) is 6.55. The van der Waals surface area contributed by atoms with E-state index in [-0.39, 0.29) is 17.2 Å². The number of hydrogen-bond donors (Lipinski definition) is 3. The summed E-state index contributed by atoms with van der Waals surface area (Å²) in [6, 6.07) is 10.2. The van der Waals surface area contributed by atoms with Crippen LogP contribution in [-0.4, -0.2) is 54.9 Å². The van der Waals surface area contributed by atoms with Gasteiger partial charge in [0.2, 0.25) is 15.9 Å². The third-order valence-corrected chi connectivity index (χ3v) is 8.73. The van der Waals surface area contributed by atoms with Crippen LogP contribution in [0.3, 0.4) is 0 Å². The van der Waals surface area contributed by atoms with Crippen LogP contribution in [0, 0.1) is 11.8 Å². The number of nitrogens with zero attached hydrogens (tertiary/aromatic N) is 2. The highest BCUT2D eigenvalue weighted by Gasteiger charge is 2.33. The molecule has 2 atom stereocenters. The van der Waals surface area contributed by atoms with Crippen molar-refractivity contribution in [3.8, 4) is 0 Å². The summed E-state index contributed by atoms with van der Waals surface area (Å²) in [4.78, 5) is 23.0. The van der Waals surface area contributed by atoms with E-state index in [1.165, 1.54) is 0 Å². The maximum Gasteiger partial charge on any atom is 0.243 e. The molecule has 2 aliphatic heterocycles. The highest BCUT2D eigenvalue weighted by molar-refractivity contribution is 7.89. The Morgan fingerprint density at radius 1 is 1.17 bits per heavy atom. The molecule has 0 aliphatic carbocycles. The molecule has 5 rings (SSSR count). The highest BCUT2D eigenvalue weighted by atomic mass is 32.2. The van der Waals surface area contributed by atoms with Gasteiger partial charge in [-0.3, -0.25) is 4.79 Å². The van der Waals surface area contributed by atoms with Crippen LogP contribution in [0.15, 0.2) is 47.6 Å². The molecule has 3 heterocycles. The largest absolute Gasteiger partial charge is 0.383 e. The van der Waals surface area contributed by atoms with Crippen LogP contribution in [0.2, 0.25) is 0 Å². The van der Waals surface area contributed by atoms with E-state index in [1.54, 1.807) is 18.5 Å². The average Bonchev–Trinajstić information content (AvgIpc) is 3.31. The first-order chi connectivity index (χ1) is 16.8. The molecule has 35 heavy (non-hydrogen) atoms. The highest BCUT2D eigenvalue weighted by Crippen LogP contribution is 2.31. The maximum absolute atomic E-state index is 13.7. The number of carbonyl (C=O) groups is 1. The van der Waals surface area contributed by atoms with Gasteiger partial charge in [-0.05, 0) is 66.8 Å². The predicted molar refractivity (Wildman–Crippen MR) is 137 cm³/mol. The molecule has 2 aliphatic rings. The second kappa shape index (κ2) is 9.62. The molecule has 8 nitrogen and oxygen atoms in total. The first kappa shape index (κ1) is 23.8. The molecule has 1 saturated heterocycles. The summed E-state index contributed by atoms with van der Waals surface area (Å²) >= 11 is 0. The molecule has 9 heteroatoms. The number of anilines is 1. The average molecular weight is 496 g/mol. The smallest absolute Gasteiger partial charge is 0.243 e. The van der Waals surface area contributed by atoms with Crippen molar-refractivity contribution in [2.24, 2.45) is 11.8 Å². The van der Waals surface area contributed by atoms with E-state index < -0.39 is 16.1 Å². The molecular formula is C26H33N5O3S. The van der Waals surface area contributed by atoms with Gasteiger partial charge in [-0.25, -0.2) is 13.4 Å². The van der Waals surface area contributed by atoms with Gasteiger partial charge in [-0.15, -0.1) is 0 Å². The number of imidazole rings is 1. The number of H-pyrrole nitrogens is 1. The zero-order valence-electron chi connectivity index (χ0n) is 20.3. The van der Waals surface area contributed by atoms with E-state index in [4.69, 9.17) is 0 Å². The number of para-hydroxylation sites is 1. The number of piperidine rings is 1. The number of amides is 1. The van der Waals surface area contributed by atoms with Crippen molar-refractivity contribution in [2.75, 3.05) is 25.0 Å². The zero-order valence-corrected chi connectivity index (χ0v) is 21.1. The molecule has 3 N–H and O–H groups in total. The monoisotopic (exact) mass is 495 g/mol. The van der Waals surface area contributed by atoms with E-state index in [2.05, 4.69) is 33.9 Å². The van der Waals surface area contributed by atoms with Crippen LogP contribution < -0.4 is 10.0 Å². The summed E-state index contributed by atoms with van der Waals surface area (Å²) in [5.41, 5.74) is 4.20. The minimum atomic E-state index is -3.94. The minimum absolute atomic E-state index is 0.170. The van der Waals surface area contributed by atoms with Gasteiger partial charge < -0.3 is 15.2 Å². The zero-order chi connectivity index (χ0) is 24.6. The lowest BCUT2D eigenvalue weighted by atomic mass is 9.96. The number of carbonyl (C=O) groups excluding carboxylic acids is 1.